The Bertz CT molecular complexity index is 1000. The summed E-state index contributed by atoms with van der Waals surface area (Å²) < 4.78 is 16.3. The molecule has 6 nitrogen and oxygen atoms in total. The Kier molecular flexibility index (Phi) is 7.23. The van der Waals surface area contributed by atoms with Gasteiger partial charge < -0.3 is 30.2 Å². The molecule has 0 aliphatic carbocycles. The quantitative estimate of drug-likeness (QED) is 0.455. The highest BCUT2D eigenvalue weighted by molar-refractivity contribution is 5.59. The third-order valence-electron chi connectivity index (χ3n) is 5.17. The Morgan fingerprint density at radius 3 is 2.00 bits per heavy atom. The summed E-state index contributed by atoms with van der Waals surface area (Å²) in [6.07, 6.45) is 0.282. The van der Waals surface area contributed by atoms with E-state index in [0.717, 1.165) is 67.2 Å². The maximum Gasteiger partial charge on any atom is 0.142 e. The van der Waals surface area contributed by atoms with Crippen LogP contribution in [-0.2, 0) is 0 Å². The van der Waals surface area contributed by atoms with Crippen molar-refractivity contribution in [1.82, 2.24) is 0 Å². The molecule has 3 aliphatic rings. The number of nitrogens with one attached hydrogen (secondary N) is 3. The van der Waals surface area contributed by atoms with Crippen LogP contribution in [0.5, 0.6) is 17.2 Å². The average Bonchev–Trinajstić information content (AvgIpc) is 2.85. The Labute approximate surface area is 189 Å². The highest BCUT2D eigenvalue weighted by Gasteiger charge is 2.13. The Morgan fingerprint density at radius 1 is 0.688 bits per heavy atom. The molecule has 0 saturated heterocycles. The number of fused-ring (bicyclic) bond motifs is 3. The van der Waals surface area contributed by atoms with Crippen LogP contribution in [-0.4, -0.2) is 39.0 Å². The van der Waals surface area contributed by atoms with E-state index in [4.69, 9.17) is 14.2 Å². The minimum atomic E-state index is 0.282. The standard InChI is InChI=1S/2C9H11NO.C8H9NO/c1-7-2-3-9-8(6-7)10-4-5-11-9;1-7-6-10-8-4-2-3-5-9(8)11-7;1-2-4-8-7(3-1)9-5-6-10-8/h2-3,6,10H,4-5H2,1H3;2-5,7,10H,6H2,1H3;1-4,9H,5-6H2. The Balaban J connectivity index is 0.000000115. The molecule has 0 spiro atoms. The van der Waals surface area contributed by atoms with Gasteiger partial charge in [-0.15, -0.1) is 0 Å². The molecule has 6 rings (SSSR count). The summed E-state index contributed by atoms with van der Waals surface area (Å²) >= 11 is 0. The third-order valence-corrected chi connectivity index (χ3v) is 5.17. The summed E-state index contributed by atoms with van der Waals surface area (Å²) in [4.78, 5) is 0. The summed E-state index contributed by atoms with van der Waals surface area (Å²) in [6.45, 7) is 8.41. The number of ether oxygens (including phenoxy) is 3. The molecule has 3 heterocycles. The molecule has 168 valence electrons. The molecule has 0 amide bonds. The van der Waals surface area contributed by atoms with E-state index in [-0.39, 0.29) is 6.10 Å². The zero-order valence-corrected chi connectivity index (χ0v) is 18.7. The molecule has 0 bridgehead atoms. The van der Waals surface area contributed by atoms with Gasteiger partial charge in [0.15, 0.2) is 0 Å². The van der Waals surface area contributed by atoms with Crippen molar-refractivity contribution in [2.45, 2.75) is 20.0 Å². The molecule has 3 aliphatic heterocycles. The minimum Gasteiger partial charge on any atom is -0.490 e. The number of benzene rings is 3. The maximum atomic E-state index is 5.57. The van der Waals surface area contributed by atoms with E-state index in [1.165, 1.54) is 5.56 Å². The number of rotatable bonds is 0. The Morgan fingerprint density at radius 2 is 1.28 bits per heavy atom. The molecule has 0 aromatic heterocycles. The van der Waals surface area contributed by atoms with Crippen molar-refractivity contribution < 1.29 is 14.2 Å². The van der Waals surface area contributed by atoms with Crippen molar-refractivity contribution in [3.63, 3.8) is 0 Å². The van der Waals surface area contributed by atoms with Crippen LogP contribution in [0.2, 0.25) is 0 Å². The van der Waals surface area contributed by atoms with Gasteiger partial charge >= 0.3 is 0 Å². The normalized spacial score (nSPS) is 17.0. The lowest BCUT2D eigenvalue weighted by atomic mass is 10.2. The van der Waals surface area contributed by atoms with Gasteiger partial charge in [-0.25, -0.2) is 0 Å². The predicted octanol–water partition coefficient (Wildman–Crippen LogP) is 5.17. The van der Waals surface area contributed by atoms with Crippen LogP contribution in [0.3, 0.4) is 0 Å². The first-order valence-corrected chi connectivity index (χ1v) is 11.1. The average molecular weight is 434 g/mol. The van der Waals surface area contributed by atoms with E-state index in [0.29, 0.717) is 0 Å². The summed E-state index contributed by atoms with van der Waals surface area (Å²) in [5, 5.41) is 9.80. The third kappa shape index (κ3) is 5.78. The van der Waals surface area contributed by atoms with E-state index in [1.807, 2.05) is 54.6 Å². The molecule has 0 radical (unpaired) electrons. The van der Waals surface area contributed by atoms with Crippen LogP contribution in [0.4, 0.5) is 17.1 Å². The number of hydrogen-bond donors (Lipinski definition) is 3. The molecular weight excluding hydrogens is 402 g/mol. The first-order chi connectivity index (χ1) is 15.7. The van der Waals surface area contributed by atoms with E-state index < -0.39 is 0 Å². The molecule has 1 atom stereocenters. The number of anilines is 3. The SMILES string of the molecule is CC1CNc2ccccc2O1.Cc1ccc2c(c1)NCCO2.c1ccc2c(c1)NCCO2. The second kappa shape index (κ2) is 10.7. The van der Waals surface area contributed by atoms with Crippen LogP contribution in [0, 0.1) is 6.92 Å². The second-order valence-electron chi connectivity index (χ2n) is 7.85. The van der Waals surface area contributed by atoms with E-state index in [9.17, 15) is 0 Å². The van der Waals surface area contributed by atoms with Gasteiger partial charge in [-0.05, 0) is 55.8 Å². The number of hydrogen-bond acceptors (Lipinski definition) is 6. The fourth-order valence-electron chi connectivity index (χ4n) is 3.57. The van der Waals surface area contributed by atoms with Crippen molar-refractivity contribution in [3.8, 4) is 17.2 Å². The smallest absolute Gasteiger partial charge is 0.142 e. The number of aryl methyl sites for hydroxylation is 1. The monoisotopic (exact) mass is 433 g/mol. The van der Waals surface area contributed by atoms with Crippen molar-refractivity contribution in [3.05, 3.63) is 72.3 Å². The van der Waals surface area contributed by atoms with E-state index in [1.54, 1.807) is 0 Å². The highest BCUT2D eigenvalue weighted by Crippen LogP contribution is 2.28. The molecule has 6 heteroatoms. The lowest BCUT2D eigenvalue weighted by Gasteiger charge is -2.24. The zero-order chi connectivity index (χ0) is 22.2. The van der Waals surface area contributed by atoms with Gasteiger partial charge in [-0.1, -0.05) is 30.3 Å². The topological polar surface area (TPSA) is 63.8 Å². The fraction of sp³-hybridized carbons (Fsp3) is 0.308. The van der Waals surface area contributed by atoms with E-state index >= 15 is 0 Å². The first-order valence-electron chi connectivity index (χ1n) is 11.1. The minimum absolute atomic E-state index is 0.282. The second-order valence-corrected chi connectivity index (χ2v) is 7.85. The van der Waals surface area contributed by atoms with E-state index in [2.05, 4.69) is 41.9 Å². The van der Waals surface area contributed by atoms with Crippen molar-refractivity contribution in [1.29, 1.82) is 0 Å². The van der Waals surface area contributed by atoms with Gasteiger partial charge in [0, 0.05) is 13.1 Å². The maximum absolute atomic E-state index is 5.57. The fourth-order valence-corrected chi connectivity index (χ4v) is 3.57. The summed E-state index contributed by atoms with van der Waals surface area (Å²) in [6, 6.07) is 22.2. The van der Waals surface area contributed by atoms with Crippen LogP contribution in [0.25, 0.3) is 0 Å². The highest BCUT2D eigenvalue weighted by atomic mass is 16.5. The molecule has 3 aromatic rings. The first kappa shape index (κ1) is 21.7. The Hall–Kier alpha value is -3.54. The summed E-state index contributed by atoms with van der Waals surface area (Å²) in [5.41, 5.74) is 4.59. The van der Waals surface area contributed by atoms with Crippen LogP contribution >= 0.6 is 0 Å². The molecular formula is C26H31N3O3. The zero-order valence-electron chi connectivity index (χ0n) is 18.7. The van der Waals surface area contributed by atoms with Gasteiger partial charge in [0.1, 0.15) is 36.6 Å². The molecule has 1 unspecified atom stereocenters. The van der Waals surface area contributed by atoms with Crippen LogP contribution in [0.1, 0.15) is 12.5 Å². The molecule has 0 saturated carbocycles. The predicted molar refractivity (Wildman–Crippen MR) is 131 cm³/mol. The molecule has 32 heavy (non-hydrogen) atoms. The van der Waals surface area contributed by atoms with Gasteiger partial charge in [0.2, 0.25) is 0 Å². The lowest BCUT2D eigenvalue weighted by molar-refractivity contribution is 0.226. The van der Waals surface area contributed by atoms with Crippen LogP contribution < -0.4 is 30.2 Å². The summed E-state index contributed by atoms with van der Waals surface area (Å²) in [5.74, 6) is 2.90. The van der Waals surface area contributed by atoms with Gasteiger partial charge in [-0.2, -0.15) is 0 Å². The van der Waals surface area contributed by atoms with Gasteiger partial charge in [0.25, 0.3) is 0 Å². The lowest BCUT2D eigenvalue weighted by Crippen LogP contribution is -2.27. The van der Waals surface area contributed by atoms with Crippen molar-refractivity contribution >= 4 is 17.1 Å². The number of para-hydroxylation sites is 4. The van der Waals surface area contributed by atoms with Crippen LogP contribution in [0.15, 0.2) is 66.7 Å². The molecule has 0 fully saturated rings. The van der Waals surface area contributed by atoms with Gasteiger partial charge in [0.05, 0.1) is 23.6 Å². The molecule has 3 aromatic carbocycles. The van der Waals surface area contributed by atoms with Crippen molar-refractivity contribution in [2.75, 3.05) is 48.8 Å². The summed E-state index contributed by atoms with van der Waals surface area (Å²) in [7, 11) is 0. The largest absolute Gasteiger partial charge is 0.490 e. The van der Waals surface area contributed by atoms with Gasteiger partial charge in [-0.3, -0.25) is 0 Å². The molecule has 3 N–H and O–H groups in total. The van der Waals surface area contributed by atoms with Crippen molar-refractivity contribution in [2.24, 2.45) is 0 Å².